The number of pyridine rings is 1. The highest BCUT2D eigenvalue weighted by molar-refractivity contribution is 7.22. The van der Waals surface area contributed by atoms with Gasteiger partial charge in [-0.2, -0.15) is 0 Å². The molecule has 5 heteroatoms. The molecular weight excluding hydrogens is 366 g/mol. The molecule has 4 aromatic rings. The van der Waals surface area contributed by atoms with Gasteiger partial charge in [0, 0.05) is 18.3 Å². The zero-order valence-corrected chi connectivity index (χ0v) is 16.1. The standard InChI is InChI=1S/C14H9N3OS.C9H10/c1-2-9-7-11(5-6-16-9)18-10-3-4-12-13(8-10)19-14(15)17-12;1-2-5-9-7-3-6-8(9)4-1/h1,3-8H,(H2,15,17);1-2,4-5H,3,6-7H2. The summed E-state index contributed by atoms with van der Waals surface area (Å²) in [6.45, 7) is 0. The van der Waals surface area contributed by atoms with Gasteiger partial charge < -0.3 is 10.5 Å². The van der Waals surface area contributed by atoms with Gasteiger partial charge in [0.05, 0.1) is 10.2 Å². The van der Waals surface area contributed by atoms with Crippen LogP contribution < -0.4 is 10.5 Å². The number of rotatable bonds is 2. The van der Waals surface area contributed by atoms with Crippen molar-refractivity contribution in [1.82, 2.24) is 9.97 Å². The average Bonchev–Trinajstić information content (AvgIpc) is 3.33. The van der Waals surface area contributed by atoms with Gasteiger partial charge in [-0.3, -0.25) is 0 Å². The molecule has 2 aromatic heterocycles. The summed E-state index contributed by atoms with van der Waals surface area (Å²) in [5.74, 6) is 3.84. The van der Waals surface area contributed by atoms with E-state index < -0.39 is 0 Å². The monoisotopic (exact) mass is 385 g/mol. The first-order chi connectivity index (χ1) is 13.7. The summed E-state index contributed by atoms with van der Waals surface area (Å²) in [5, 5.41) is 0.547. The van der Waals surface area contributed by atoms with Gasteiger partial charge in [-0.25, -0.2) is 9.97 Å². The molecule has 0 atom stereocenters. The second-order valence-electron chi connectivity index (χ2n) is 6.43. The van der Waals surface area contributed by atoms with Gasteiger partial charge in [0.15, 0.2) is 5.13 Å². The molecule has 0 unspecified atom stereocenters. The Labute approximate surface area is 168 Å². The molecule has 0 spiro atoms. The normalized spacial score (nSPS) is 12.0. The van der Waals surface area contributed by atoms with Crippen LogP contribution in [0, 0.1) is 12.3 Å². The van der Waals surface area contributed by atoms with Gasteiger partial charge in [-0.15, -0.1) is 6.42 Å². The number of anilines is 1. The lowest BCUT2D eigenvalue weighted by molar-refractivity contribution is 0.482. The number of aromatic nitrogens is 2. The zero-order valence-electron chi connectivity index (χ0n) is 15.3. The topological polar surface area (TPSA) is 61.0 Å². The van der Waals surface area contributed by atoms with Gasteiger partial charge in [-0.05, 0) is 48.6 Å². The molecule has 138 valence electrons. The van der Waals surface area contributed by atoms with E-state index in [1.165, 1.54) is 30.6 Å². The Morgan fingerprint density at radius 2 is 1.75 bits per heavy atom. The Bertz CT molecular complexity index is 1140. The van der Waals surface area contributed by atoms with E-state index in [0.29, 0.717) is 22.3 Å². The van der Waals surface area contributed by atoms with Crippen LogP contribution in [0.1, 0.15) is 23.2 Å². The van der Waals surface area contributed by atoms with E-state index >= 15 is 0 Å². The highest BCUT2D eigenvalue weighted by Gasteiger charge is 2.07. The van der Waals surface area contributed by atoms with Crippen molar-refractivity contribution in [3.63, 3.8) is 0 Å². The van der Waals surface area contributed by atoms with Crippen LogP contribution in [0.15, 0.2) is 60.8 Å². The number of nitrogens with zero attached hydrogens (tertiary/aromatic N) is 2. The molecule has 1 aliphatic rings. The third-order valence-electron chi connectivity index (χ3n) is 4.50. The van der Waals surface area contributed by atoms with Crippen molar-refractivity contribution in [3.05, 3.63) is 77.6 Å². The highest BCUT2D eigenvalue weighted by atomic mass is 32.1. The Balaban J connectivity index is 0.000000177. The van der Waals surface area contributed by atoms with Crippen molar-refractivity contribution in [1.29, 1.82) is 0 Å². The third-order valence-corrected chi connectivity index (χ3v) is 5.35. The first-order valence-electron chi connectivity index (χ1n) is 9.04. The molecule has 0 fully saturated rings. The second kappa shape index (κ2) is 8.12. The summed E-state index contributed by atoms with van der Waals surface area (Å²) in [5.41, 5.74) is 10.2. The maximum Gasteiger partial charge on any atom is 0.181 e. The molecule has 0 saturated carbocycles. The predicted molar refractivity (Wildman–Crippen MR) is 115 cm³/mol. The number of hydrogen-bond acceptors (Lipinski definition) is 5. The van der Waals surface area contributed by atoms with E-state index in [1.807, 2.05) is 18.2 Å². The number of ether oxygens (including phenoxy) is 1. The van der Waals surface area contributed by atoms with Crippen molar-refractivity contribution in [2.45, 2.75) is 19.3 Å². The summed E-state index contributed by atoms with van der Waals surface area (Å²) >= 11 is 1.43. The van der Waals surface area contributed by atoms with Gasteiger partial charge in [0.25, 0.3) is 0 Å². The number of nitrogen functional groups attached to an aromatic ring is 1. The van der Waals surface area contributed by atoms with Gasteiger partial charge in [0.2, 0.25) is 0 Å². The Morgan fingerprint density at radius 1 is 1.00 bits per heavy atom. The third kappa shape index (κ3) is 4.13. The molecule has 0 bridgehead atoms. The van der Waals surface area contributed by atoms with Gasteiger partial charge in [-0.1, -0.05) is 41.5 Å². The van der Waals surface area contributed by atoms with Crippen molar-refractivity contribution >= 4 is 26.7 Å². The van der Waals surface area contributed by atoms with E-state index in [4.69, 9.17) is 16.9 Å². The van der Waals surface area contributed by atoms with E-state index in [2.05, 4.69) is 40.2 Å². The molecule has 1 aliphatic carbocycles. The molecule has 28 heavy (non-hydrogen) atoms. The smallest absolute Gasteiger partial charge is 0.181 e. The molecule has 2 aromatic carbocycles. The van der Waals surface area contributed by atoms with Crippen LogP contribution in [0.3, 0.4) is 0 Å². The number of benzene rings is 2. The number of aryl methyl sites for hydroxylation is 2. The molecule has 0 saturated heterocycles. The number of thiazole rings is 1. The Morgan fingerprint density at radius 3 is 2.50 bits per heavy atom. The molecule has 4 nitrogen and oxygen atoms in total. The SMILES string of the molecule is C#Cc1cc(Oc2ccc3nc(N)sc3c2)ccn1.c1ccc2c(c1)CCC2. The minimum Gasteiger partial charge on any atom is -0.457 e. The van der Waals surface area contributed by atoms with Crippen molar-refractivity contribution in [2.75, 3.05) is 5.73 Å². The van der Waals surface area contributed by atoms with Crippen LogP contribution in [-0.4, -0.2) is 9.97 Å². The van der Waals surface area contributed by atoms with E-state index in [9.17, 15) is 0 Å². The molecule has 2 heterocycles. The van der Waals surface area contributed by atoms with Crippen LogP contribution in [0.5, 0.6) is 11.5 Å². The number of nitrogens with two attached hydrogens (primary N) is 1. The zero-order chi connectivity index (χ0) is 19.3. The van der Waals surface area contributed by atoms with Crippen LogP contribution in [0.25, 0.3) is 10.2 Å². The van der Waals surface area contributed by atoms with Crippen LogP contribution in [0.4, 0.5) is 5.13 Å². The van der Waals surface area contributed by atoms with Crippen molar-refractivity contribution in [2.24, 2.45) is 0 Å². The number of fused-ring (bicyclic) bond motifs is 2. The molecular formula is C23H19N3OS. The molecule has 0 aliphatic heterocycles. The highest BCUT2D eigenvalue weighted by Crippen LogP contribution is 2.30. The first kappa shape index (κ1) is 18.0. The summed E-state index contributed by atoms with van der Waals surface area (Å²) in [4.78, 5) is 8.21. The van der Waals surface area contributed by atoms with E-state index in [0.717, 1.165) is 10.2 Å². The fourth-order valence-corrected chi connectivity index (χ4v) is 3.95. The molecule has 0 radical (unpaired) electrons. The lowest BCUT2D eigenvalue weighted by Crippen LogP contribution is -1.87. The second-order valence-corrected chi connectivity index (χ2v) is 7.49. The molecule has 0 amide bonds. The minimum atomic E-state index is 0.542. The molecule has 5 rings (SSSR count). The van der Waals surface area contributed by atoms with Crippen molar-refractivity contribution < 1.29 is 4.74 Å². The van der Waals surface area contributed by atoms with E-state index in [-0.39, 0.29) is 0 Å². The van der Waals surface area contributed by atoms with E-state index in [1.54, 1.807) is 29.5 Å². The average molecular weight is 385 g/mol. The summed E-state index contributed by atoms with van der Waals surface area (Å²) < 4.78 is 6.73. The lowest BCUT2D eigenvalue weighted by atomic mass is 10.1. The quantitative estimate of drug-likeness (QED) is 0.481. The number of hydrogen-bond donors (Lipinski definition) is 1. The lowest BCUT2D eigenvalue weighted by Gasteiger charge is -2.05. The largest absolute Gasteiger partial charge is 0.457 e. The summed E-state index contributed by atoms with van der Waals surface area (Å²) in [6.07, 6.45) is 10.9. The maximum atomic E-state index is 5.74. The predicted octanol–water partition coefficient (Wildman–Crippen LogP) is 5.22. The minimum absolute atomic E-state index is 0.542. The Hall–Kier alpha value is -3.36. The first-order valence-corrected chi connectivity index (χ1v) is 9.86. The van der Waals surface area contributed by atoms with Crippen LogP contribution >= 0.6 is 11.3 Å². The summed E-state index contributed by atoms with van der Waals surface area (Å²) in [6, 6.07) is 17.8. The fraction of sp³-hybridized carbons (Fsp3) is 0.130. The Kier molecular flexibility index (Phi) is 5.22. The maximum absolute atomic E-state index is 5.74. The van der Waals surface area contributed by atoms with Crippen molar-refractivity contribution in [3.8, 4) is 23.8 Å². The van der Waals surface area contributed by atoms with Crippen LogP contribution in [0.2, 0.25) is 0 Å². The van der Waals surface area contributed by atoms with Crippen LogP contribution in [-0.2, 0) is 12.8 Å². The number of terminal acetylenes is 1. The summed E-state index contributed by atoms with van der Waals surface area (Å²) in [7, 11) is 0. The van der Waals surface area contributed by atoms with Gasteiger partial charge in [0.1, 0.15) is 17.2 Å². The van der Waals surface area contributed by atoms with Gasteiger partial charge >= 0.3 is 0 Å². The molecule has 2 N–H and O–H groups in total. The fourth-order valence-electron chi connectivity index (χ4n) is 3.19.